The van der Waals surface area contributed by atoms with Crippen molar-refractivity contribution in [2.45, 2.75) is 26.8 Å². The van der Waals surface area contributed by atoms with Gasteiger partial charge >= 0.3 is 5.97 Å². The van der Waals surface area contributed by atoms with E-state index < -0.39 is 5.97 Å². The average molecular weight is 277 g/mol. The van der Waals surface area contributed by atoms with Gasteiger partial charge in [-0.05, 0) is 37.5 Å². The van der Waals surface area contributed by atoms with Gasteiger partial charge in [-0.1, -0.05) is 19.1 Å². The Kier molecular flexibility index (Phi) is 4.65. The molecule has 0 aromatic heterocycles. The Bertz CT molecular complexity index is 457. The maximum atomic E-state index is 11.2. The summed E-state index contributed by atoms with van der Waals surface area (Å²) in [7, 11) is 0. The highest BCUT2D eigenvalue weighted by molar-refractivity contribution is 5.71. The SMILES string of the molecule is CCOc1ccc(C(C)N2CC(C)C(C(=O)O)C2)cc1. The van der Waals surface area contributed by atoms with Gasteiger partial charge in [-0.2, -0.15) is 0 Å². The van der Waals surface area contributed by atoms with E-state index in [0.717, 1.165) is 12.3 Å². The summed E-state index contributed by atoms with van der Waals surface area (Å²) in [5.41, 5.74) is 1.20. The molecule has 1 saturated heterocycles. The van der Waals surface area contributed by atoms with Crippen LogP contribution in [0.25, 0.3) is 0 Å². The quantitative estimate of drug-likeness (QED) is 0.899. The molecule has 110 valence electrons. The average Bonchev–Trinajstić information content (AvgIpc) is 2.81. The number of nitrogens with zero attached hydrogens (tertiary/aromatic N) is 1. The normalized spacial score (nSPS) is 24.6. The zero-order valence-electron chi connectivity index (χ0n) is 12.4. The molecule has 1 fully saturated rings. The van der Waals surface area contributed by atoms with Crippen LogP contribution in [0.3, 0.4) is 0 Å². The van der Waals surface area contributed by atoms with E-state index in [4.69, 9.17) is 4.74 Å². The molecule has 4 nitrogen and oxygen atoms in total. The van der Waals surface area contributed by atoms with Crippen LogP contribution in [0.15, 0.2) is 24.3 Å². The van der Waals surface area contributed by atoms with Gasteiger partial charge in [0.15, 0.2) is 0 Å². The summed E-state index contributed by atoms with van der Waals surface area (Å²) in [5.74, 6) is 0.151. The second-order valence-corrected chi connectivity index (χ2v) is 5.55. The third-order valence-corrected chi connectivity index (χ3v) is 4.18. The Hall–Kier alpha value is -1.55. The molecule has 1 heterocycles. The fourth-order valence-electron chi connectivity index (χ4n) is 2.86. The predicted molar refractivity (Wildman–Crippen MR) is 77.9 cm³/mol. The molecular formula is C16H23NO3. The third-order valence-electron chi connectivity index (χ3n) is 4.18. The number of carboxylic acid groups (broad SMARTS) is 1. The largest absolute Gasteiger partial charge is 0.494 e. The Labute approximate surface area is 120 Å². The highest BCUT2D eigenvalue weighted by Crippen LogP contribution is 2.31. The van der Waals surface area contributed by atoms with Crippen molar-refractivity contribution in [3.8, 4) is 5.75 Å². The molecule has 0 radical (unpaired) electrons. The molecule has 1 aliphatic rings. The number of aliphatic carboxylic acids is 1. The van der Waals surface area contributed by atoms with Crippen LogP contribution >= 0.6 is 0 Å². The minimum absolute atomic E-state index is 0.206. The molecule has 1 aromatic carbocycles. The highest BCUT2D eigenvalue weighted by atomic mass is 16.5. The van der Waals surface area contributed by atoms with Gasteiger partial charge in [0.05, 0.1) is 12.5 Å². The van der Waals surface area contributed by atoms with E-state index in [1.54, 1.807) is 0 Å². The molecule has 3 atom stereocenters. The fraction of sp³-hybridized carbons (Fsp3) is 0.562. The first-order chi connectivity index (χ1) is 9.52. The summed E-state index contributed by atoms with van der Waals surface area (Å²) in [6.45, 7) is 8.25. The first-order valence-corrected chi connectivity index (χ1v) is 7.22. The second-order valence-electron chi connectivity index (χ2n) is 5.55. The number of rotatable bonds is 5. The molecule has 0 bridgehead atoms. The minimum atomic E-state index is -0.682. The summed E-state index contributed by atoms with van der Waals surface area (Å²) in [6, 6.07) is 8.31. The lowest BCUT2D eigenvalue weighted by Gasteiger charge is -2.24. The lowest BCUT2D eigenvalue weighted by molar-refractivity contribution is -0.142. The fourth-order valence-corrected chi connectivity index (χ4v) is 2.86. The summed E-state index contributed by atoms with van der Waals surface area (Å²) in [6.07, 6.45) is 0. The molecule has 4 heteroatoms. The maximum Gasteiger partial charge on any atom is 0.308 e. The zero-order chi connectivity index (χ0) is 14.7. The maximum absolute atomic E-state index is 11.2. The number of likely N-dealkylation sites (tertiary alicyclic amines) is 1. The van der Waals surface area contributed by atoms with Gasteiger partial charge in [0, 0.05) is 19.1 Å². The van der Waals surface area contributed by atoms with Gasteiger partial charge in [-0.15, -0.1) is 0 Å². The van der Waals surface area contributed by atoms with Crippen LogP contribution in [-0.2, 0) is 4.79 Å². The van der Waals surface area contributed by atoms with Crippen molar-refractivity contribution in [1.82, 2.24) is 4.90 Å². The number of ether oxygens (including phenoxy) is 1. The van der Waals surface area contributed by atoms with Gasteiger partial charge < -0.3 is 9.84 Å². The number of carboxylic acids is 1. The molecule has 0 spiro atoms. The smallest absolute Gasteiger partial charge is 0.308 e. The number of hydrogen-bond donors (Lipinski definition) is 1. The standard InChI is InChI=1S/C16H23NO3/c1-4-20-14-7-5-13(6-8-14)12(3)17-9-11(2)15(10-17)16(18)19/h5-8,11-12,15H,4,9-10H2,1-3H3,(H,18,19). The van der Waals surface area contributed by atoms with Crippen LogP contribution in [0.4, 0.5) is 0 Å². The van der Waals surface area contributed by atoms with Crippen LogP contribution in [0.5, 0.6) is 5.75 Å². The van der Waals surface area contributed by atoms with Gasteiger partial charge in [0.2, 0.25) is 0 Å². The lowest BCUT2D eigenvalue weighted by atomic mass is 9.99. The molecule has 0 aliphatic carbocycles. The Morgan fingerprint density at radius 3 is 2.55 bits per heavy atom. The minimum Gasteiger partial charge on any atom is -0.494 e. The Balaban J connectivity index is 2.04. The van der Waals surface area contributed by atoms with Gasteiger partial charge in [0.1, 0.15) is 5.75 Å². The van der Waals surface area contributed by atoms with Crippen LogP contribution in [0.1, 0.15) is 32.4 Å². The van der Waals surface area contributed by atoms with Crippen LogP contribution in [-0.4, -0.2) is 35.7 Å². The van der Waals surface area contributed by atoms with Crippen molar-refractivity contribution in [3.05, 3.63) is 29.8 Å². The van der Waals surface area contributed by atoms with E-state index in [1.165, 1.54) is 5.56 Å². The van der Waals surface area contributed by atoms with Crippen LogP contribution in [0, 0.1) is 11.8 Å². The van der Waals surface area contributed by atoms with Gasteiger partial charge in [-0.3, -0.25) is 9.69 Å². The van der Waals surface area contributed by atoms with Crippen LogP contribution < -0.4 is 4.74 Å². The predicted octanol–water partition coefficient (Wildman–Crippen LogP) is 2.80. The monoisotopic (exact) mass is 277 g/mol. The van der Waals surface area contributed by atoms with E-state index in [-0.39, 0.29) is 17.9 Å². The van der Waals surface area contributed by atoms with Crippen molar-refractivity contribution < 1.29 is 14.6 Å². The molecule has 0 amide bonds. The Morgan fingerprint density at radius 2 is 2.05 bits per heavy atom. The second kappa shape index (κ2) is 6.27. The lowest BCUT2D eigenvalue weighted by Crippen LogP contribution is -2.26. The van der Waals surface area contributed by atoms with E-state index >= 15 is 0 Å². The molecule has 2 rings (SSSR count). The third kappa shape index (κ3) is 3.12. The molecular weight excluding hydrogens is 254 g/mol. The molecule has 0 saturated carbocycles. The Morgan fingerprint density at radius 1 is 1.40 bits per heavy atom. The molecule has 1 N–H and O–H groups in total. The summed E-state index contributed by atoms with van der Waals surface area (Å²) in [5, 5.41) is 9.21. The molecule has 20 heavy (non-hydrogen) atoms. The van der Waals surface area contributed by atoms with Crippen molar-refractivity contribution in [1.29, 1.82) is 0 Å². The van der Waals surface area contributed by atoms with E-state index in [9.17, 15) is 9.90 Å². The van der Waals surface area contributed by atoms with Crippen molar-refractivity contribution >= 4 is 5.97 Å². The van der Waals surface area contributed by atoms with Crippen molar-refractivity contribution in [3.63, 3.8) is 0 Å². The number of hydrogen-bond acceptors (Lipinski definition) is 3. The number of benzene rings is 1. The molecule has 1 aliphatic heterocycles. The first-order valence-electron chi connectivity index (χ1n) is 7.22. The van der Waals surface area contributed by atoms with Gasteiger partial charge in [-0.25, -0.2) is 0 Å². The summed E-state index contributed by atoms with van der Waals surface area (Å²) < 4.78 is 5.44. The first kappa shape index (κ1) is 14.9. The highest BCUT2D eigenvalue weighted by Gasteiger charge is 2.36. The molecule has 3 unspecified atom stereocenters. The summed E-state index contributed by atoms with van der Waals surface area (Å²) in [4.78, 5) is 13.4. The van der Waals surface area contributed by atoms with E-state index in [0.29, 0.717) is 13.2 Å². The van der Waals surface area contributed by atoms with E-state index in [2.05, 4.69) is 24.0 Å². The number of carbonyl (C=O) groups is 1. The van der Waals surface area contributed by atoms with Crippen molar-refractivity contribution in [2.24, 2.45) is 11.8 Å². The van der Waals surface area contributed by atoms with Crippen LogP contribution in [0.2, 0.25) is 0 Å². The van der Waals surface area contributed by atoms with Gasteiger partial charge in [0.25, 0.3) is 0 Å². The van der Waals surface area contributed by atoms with Crippen molar-refractivity contribution in [2.75, 3.05) is 19.7 Å². The topological polar surface area (TPSA) is 49.8 Å². The van der Waals surface area contributed by atoms with E-state index in [1.807, 2.05) is 26.0 Å². The molecule has 1 aromatic rings. The zero-order valence-corrected chi connectivity index (χ0v) is 12.4. The summed E-state index contributed by atoms with van der Waals surface area (Å²) >= 11 is 0.